The van der Waals surface area contributed by atoms with Gasteiger partial charge in [-0.1, -0.05) is 38.2 Å². The van der Waals surface area contributed by atoms with E-state index in [0.717, 1.165) is 17.5 Å². The molecule has 6 nitrogen and oxygen atoms in total. The van der Waals surface area contributed by atoms with E-state index in [1.54, 1.807) is 18.5 Å². The highest BCUT2D eigenvalue weighted by Gasteiger charge is 2.15. The Morgan fingerprint density at radius 2 is 1.81 bits per heavy atom. The normalized spacial score (nSPS) is 15.4. The van der Waals surface area contributed by atoms with Gasteiger partial charge >= 0.3 is 5.69 Å². The van der Waals surface area contributed by atoms with Gasteiger partial charge in [0.2, 0.25) is 0 Å². The topological polar surface area (TPSA) is 80.6 Å². The van der Waals surface area contributed by atoms with Crippen molar-refractivity contribution in [2.45, 2.75) is 45.1 Å². The lowest BCUT2D eigenvalue weighted by atomic mass is 9.87. The molecule has 3 aromatic rings. The highest BCUT2D eigenvalue weighted by atomic mass is 16.2. The lowest BCUT2D eigenvalue weighted by Crippen LogP contribution is -2.35. The molecule has 0 radical (unpaired) electrons. The summed E-state index contributed by atoms with van der Waals surface area (Å²) in [4.78, 5) is 36.2. The van der Waals surface area contributed by atoms with Crippen molar-refractivity contribution in [3.63, 3.8) is 0 Å². The van der Waals surface area contributed by atoms with Crippen LogP contribution in [0.3, 0.4) is 0 Å². The number of nitrogens with one attached hydrogen (secondary N) is 1. The molecule has 134 valence electrons. The summed E-state index contributed by atoms with van der Waals surface area (Å²) < 4.78 is 1.35. The van der Waals surface area contributed by atoms with Crippen LogP contribution in [0.15, 0.2) is 46.5 Å². The Balaban J connectivity index is 1.69. The van der Waals surface area contributed by atoms with Crippen molar-refractivity contribution in [1.29, 1.82) is 0 Å². The molecule has 0 amide bonds. The molecule has 1 N–H and O–H groups in total. The number of rotatable bonds is 4. The van der Waals surface area contributed by atoms with Crippen molar-refractivity contribution in [2.75, 3.05) is 0 Å². The molecular weight excluding hydrogens is 328 g/mol. The summed E-state index contributed by atoms with van der Waals surface area (Å²) in [5, 5.41) is 0.523. The number of nitrogens with zero attached hydrogens (tertiary/aromatic N) is 3. The first-order valence-electron chi connectivity index (χ1n) is 9.24. The monoisotopic (exact) mass is 350 g/mol. The average molecular weight is 350 g/mol. The van der Waals surface area contributed by atoms with Crippen LogP contribution in [-0.2, 0) is 6.54 Å². The van der Waals surface area contributed by atoms with Crippen LogP contribution in [0, 0.1) is 5.92 Å². The zero-order valence-corrected chi connectivity index (χ0v) is 14.6. The van der Waals surface area contributed by atoms with Crippen molar-refractivity contribution < 1.29 is 0 Å². The molecule has 0 aliphatic heterocycles. The molecule has 1 aliphatic carbocycles. The Bertz CT molecular complexity index is 1020. The Labute approximate surface area is 150 Å². The first-order chi connectivity index (χ1) is 12.7. The summed E-state index contributed by atoms with van der Waals surface area (Å²) in [7, 11) is 0. The molecule has 0 unspecified atom stereocenters. The van der Waals surface area contributed by atoms with Gasteiger partial charge < -0.3 is 4.98 Å². The molecule has 1 saturated carbocycles. The molecular formula is C20H22N4O2. The summed E-state index contributed by atoms with van der Waals surface area (Å²) >= 11 is 0. The van der Waals surface area contributed by atoms with Gasteiger partial charge in [0.1, 0.15) is 6.33 Å². The van der Waals surface area contributed by atoms with Crippen LogP contribution in [-0.4, -0.2) is 19.5 Å². The van der Waals surface area contributed by atoms with Gasteiger partial charge in [0.05, 0.1) is 10.9 Å². The lowest BCUT2D eigenvalue weighted by Gasteiger charge is -2.21. The molecule has 0 atom stereocenters. The number of hydrogen-bond donors (Lipinski definition) is 1. The van der Waals surface area contributed by atoms with Crippen LogP contribution < -0.4 is 11.2 Å². The minimum Gasteiger partial charge on any atom is -0.307 e. The molecule has 1 aromatic carbocycles. The SMILES string of the molecule is O=c1[nH]c2ccc(-c3cncnc3)cc2c(=O)n1CCC1CCCCC1. The van der Waals surface area contributed by atoms with Crippen LogP contribution in [0.4, 0.5) is 0 Å². The molecule has 0 saturated heterocycles. The summed E-state index contributed by atoms with van der Waals surface area (Å²) in [6.45, 7) is 0.480. The minimum atomic E-state index is -0.325. The molecule has 1 aliphatic rings. The average Bonchev–Trinajstić information content (AvgIpc) is 2.69. The third kappa shape index (κ3) is 3.31. The Kier molecular flexibility index (Phi) is 4.65. The van der Waals surface area contributed by atoms with Gasteiger partial charge in [-0.15, -0.1) is 0 Å². The number of aromatic nitrogens is 4. The van der Waals surface area contributed by atoms with Crippen molar-refractivity contribution >= 4 is 10.9 Å². The second-order valence-corrected chi connectivity index (χ2v) is 7.07. The van der Waals surface area contributed by atoms with E-state index < -0.39 is 0 Å². The number of H-pyrrole nitrogens is 1. The zero-order chi connectivity index (χ0) is 17.9. The molecule has 0 bridgehead atoms. The predicted octanol–water partition coefficient (Wildman–Crippen LogP) is 3.12. The molecule has 2 aromatic heterocycles. The smallest absolute Gasteiger partial charge is 0.307 e. The van der Waals surface area contributed by atoms with E-state index in [2.05, 4.69) is 15.0 Å². The van der Waals surface area contributed by atoms with Crippen molar-refractivity contribution in [3.8, 4) is 11.1 Å². The molecule has 4 rings (SSSR count). The second kappa shape index (κ2) is 7.23. The third-order valence-electron chi connectivity index (χ3n) is 5.36. The number of benzene rings is 1. The van der Waals surface area contributed by atoms with Gasteiger partial charge in [0.25, 0.3) is 5.56 Å². The van der Waals surface area contributed by atoms with E-state index >= 15 is 0 Å². The predicted molar refractivity (Wildman–Crippen MR) is 101 cm³/mol. The van der Waals surface area contributed by atoms with E-state index in [-0.39, 0.29) is 11.2 Å². The van der Waals surface area contributed by atoms with Crippen molar-refractivity contribution in [1.82, 2.24) is 19.5 Å². The minimum absolute atomic E-state index is 0.224. The largest absolute Gasteiger partial charge is 0.328 e. The first-order valence-corrected chi connectivity index (χ1v) is 9.24. The van der Waals surface area contributed by atoms with Gasteiger partial charge in [-0.3, -0.25) is 9.36 Å². The molecule has 26 heavy (non-hydrogen) atoms. The van der Waals surface area contributed by atoms with Crippen LogP contribution in [0.5, 0.6) is 0 Å². The number of aromatic amines is 1. The van der Waals surface area contributed by atoms with E-state index in [4.69, 9.17) is 0 Å². The van der Waals surface area contributed by atoms with E-state index in [9.17, 15) is 9.59 Å². The molecule has 1 fully saturated rings. The van der Waals surface area contributed by atoms with Gasteiger partial charge in [0.15, 0.2) is 0 Å². The highest BCUT2D eigenvalue weighted by Crippen LogP contribution is 2.26. The third-order valence-corrected chi connectivity index (χ3v) is 5.36. The van der Waals surface area contributed by atoms with Crippen molar-refractivity contribution in [2.24, 2.45) is 5.92 Å². The fraction of sp³-hybridized carbons (Fsp3) is 0.400. The number of hydrogen-bond acceptors (Lipinski definition) is 4. The summed E-state index contributed by atoms with van der Waals surface area (Å²) in [6.07, 6.45) is 12.0. The van der Waals surface area contributed by atoms with E-state index in [0.29, 0.717) is 23.4 Å². The molecule has 6 heteroatoms. The zero-order valence-electron chi connectivity index (χ0n) is 14.6. The lowest BCUT2D eigenvalue weighted by molar-refractivity contribution is 0.321. The quantitative estimate of drug-likeness (QED) is 0.784. The van der Waals surface area contributed by atoms with Crippen LogP contribution in [0.1, 0.15) is 38.5 Å². The highest BCUT2D eigenvalue weighted by molar-refractivity contribution is 5.83. The Hall–Kier alpha value is -2.76. The van der Waals surface area contributed by atoms with Gasteiger partial charge in [-0.05, 0) is 30.0 Å². The van der Waals surface area contributed by atoms with Gasteiger partial charge in [-0.25, -0.2) is 14.8 Å². The maximum atomic E-state index is 12.9. The van der Waals surface area contributed by atoms with Crippen LogP contribution in [0.25, 0.3) is 22.0 Å². The van der Waals surface area contributed by atoms with Crippen LogP contribution >= 0.6 is 0 Å². The molecule has 2 heterocycles. The summed E-state index contributed by atoms with van der Waals surface area (Å²) in [5.41, 5.74) is 1.72. The molecule has 0 spiro atoms. The van der Waals surface area contributed by atoms with E-state index in [1.807, 2.05) is 12.1 Å². The maximum Gasteiger partial charge on any atom is 0.328 e. The van der Waals surface area contributed by atoms with E-state index in [1.165, 1.54) is 43.0 Å². The van der Waals surface area contributed by atoms with Gasteiger partial charge in [0, 0.05) is 24.5 Å². The van der Waals surface area contributed by atoms with Gasteiger partial charge in [-0.2, -0.15) is 0 Å². The maximum absolute atomic E-state index is 12.9. The Morgan fingerprint density at radius 3 is 2.58 bits per heavy atom. The fourth-order valence-corrected chi connectivity index (χ4v) is 3.87. The second-order valence-electron chi connectivity index (χ2n) is 7.07. The Morgan fingerprint density at radius 1 is 1.04 bits per heavy atom. The summed E-state index contributed by atoms with van der Waals surface area (Å²) in [5.74, 6) is 0.624. The standard InChI is InChI=1S/C20H22N4O2/c25-19-17-10-15(16-11-21-13-22-12-16)6-7-18(17)23-20(26)24(19)9-8-14-4-2-1-3-5-14/h6-7,10-14H,1-5,8-9H2,(H,23,26). The van der Waals surface area contributed by atoms with Crippen molar-refractivity contribution in [3.05, 3.63) is 57.8 Å². The number of fused-ring (bicyclic) bond motifs is 1. The fourth-order valence-electron chi connectivity index (χ4n) is 3.87. The van der Waals surface area contributed by atoms with Crippen LogP contribution in [0.2, 0.25) is 0 Å². The first kappa shape index (κ1) is 16.7. The summed E-state index contributed by atoms with van der Waals surface area (Å²) in [6, 6.07) is 5.44.